The Morgan fingerprint density at radius 3 is 3.00 bits per heavy atom. The molecule has 4 heteroatoms. The van der Waals surface area contributed by atoms with Gasteiger partial charge in [0.1, 0.15) is 5.82 Å². The van der Waals surface area contributed by atoms with Crippen molar-refractivity contribution in [2.75, 3.05) is 24.6 Å². The molecule has 1 aromatic carbocycles. The third-order valence-corrected chi connectivity index (χ3v) is 3.61. The fourth-order valence-corrected chi connectivity index (χ4v) is 2.75. The lowest BCUT2D eigenvalue weighted by Crippen LogP contribution is -2.41. The molecule has 106 valence electrons. The number of nitrogens with zero attached hydrogens (tertiary/aromatic N) is 1. The highest BCUT2D eigenvalue weighted by Gasteiger charge is 2.24. The van der Waals surface area contributed by atoms with E-state index >= 15 is 0 Å². The normalized spacial score (nSPS) is 21.5. The molecule has 1 saturated heterocycles. The fourth-order valence-electron chi connectivity index (χ4n) is 2.75. The minimum Gasteiger partial charge on any atom is -0.377 e. The summed E-state index contributed by atoms with van der Waals surface area (Å²) in [5.74, 6) is -0.188. The second kappa shape index (κ2) is 6.35. The van der Waals surface area contributed by atoms with Gasteiger partial charge >= 0.3 is 0 Å². The van der Waals surface area contributed by atoms with Crippen molar-refractivity contribution in [3.8, 4) is 0 Å². The lowest BCUT2D eigenvalue weighted by atomic mass is 10.0. The molecule has 0 radical (unpaired) electrons. The van der Waals surface area contributed by atoms with Crippen LogP contribution >= 0.6 is 0 Å². The Balaban J connectivity index is 2.25. The largest absolute Gasteiger partial charge is 0.377 e. The summed E-state index contributed by atoms with van der Waals surface area (Å²) in [5.41, 5.74) is 7.49. The van der Waals surface area contributed by atoms with E-state index in [1.807, 2.05) is 19.9 Å². The summed E-state index contributed by atoms with van der Waals surface area (Å²) in [5, 5.41) is 0. The lowest BCUT2D eigenvalue weighted by Gasteiger charge is -2.36. The number of rotatable bonds is 4. The van der Waals surface area contributed by atoms with Gasteiger partial charge in [-0.3, -0.25) is 0 Å². The first-order chi connectivity index (χ1) is 9.13. The van der Waals surface area contributed by atoms with Gasteiger partial charge in [-0.2, -0.15) is 0 Å². The summed E-state index contributed by atoms with van der Waals surface area (Å²) in [6.45, 7) is 6.20. The Hall–Kier alpha value is -1.13. The number of benzene rings is 1. The highest BCUT2D eigenvalue weighted by molar-refractivity contribution is 5.56. The van der Waals surface area contributed by atoms with Crippen molar-refractivity contribution < 1.29 is 9.13 Å². The van der Waals surface area contributed by atoms with Crippen LogP contribution in [0.5, 0.6) is 0 Å². The SMILES string of the molecule is CCOC1CCCN(c2c(F)cccc2C(C)N)C1. The maximum absolute atomic E-state index is 14.2. The molecular weight excluding hydrogens is 243 g/mol. The smallest absolute Gasteiger partial charge is 0.146 e. The number of anilines is 1. The van der Waals surface area contributed by atoms with E-state index in [0.29, 0.717) is 12.3 Å². The Kier molecular flexibility index (Phi) is 4.77. The Bertz CT molecular complexity index is 421. The molecule has 1 aliphatic rings. The van der Waals surface area contributed by atoms with Gasteiger partial charge in [0, 0.05) is 25.7 Å². The van der Waals surface area contributed by atoms with E-state index in [0.717, 1.165) is 31.5 Å². The van der Waals surface area contributed by atoms with Crippen LogP contribution in [0.25, 0.3) is 0 Å². The van der Waals surface area contributed by atoms with E-state index in [4.69, 9.17) is 10.5 Å². The monoisotopic (exact) mass is 266 g/mol. The molecule has 2 atom stereocenters. The zero-order valence-corrected chi connectivity index (χ0v) is 11.7. The molecule has 0 amide bonds. The molecule has 1 aromatic rings. The molecule has 3 nitrogen and oxygen atoms in total. The van der Waals surface area contributed by atoms with E-state index in [-0.39, 0.29) is 18.0 Å². The maximum Gasteiger partial charge on any atom is 0.146 e. The van der Waals surface area contributed by atoms with Crippen molar-refractivity contribution >= 4 is 5.69 Å². The molecule has 2 rings (SSSR count). The van der Waals surface area contributed by atoms with Crippen LogP contribution in [-0.2, 0) is 4.74 Å². The Morgan fingerprint density at radius 1 is 1.53 bits per heavy atom. The third-order valence-electron chi connectivity index (χ3n) is 3.61. The summed E-state index contributed by atoms with van der Waals surface area (Å²) >= 11 is 0. The second-order valence-electron chi connectivity index (χ2n) is 5.13. The first kappa shape index (κ1) is 14.3. The fraction of sp³-hybridized carbons (Fsp3) is 0.600. The second-order valence-corrected chi connectivity index (χ2v) is 5.13. The van der Waals surface area contributed by atoms with Gasteiger partial charge in [-0.05, 0) is 38.3 Å². The van der Waals surface area contributed by atoms with E-state index < -0.39 is 0 Å². The van der Waals surface area contributed by atoms with Gasteiger partial charge in [0.15, 0.2) is 0 Å². The maximum atomic E-state index is 14.2. The molecule has 19 heavy (non-hydrogen) atoms. The molecule has 2 N–H and O–H groups in total. The highest BCUT2D eigenvalue weighted by Crippen LogP contribution is 2.31. The first-order valence-electron chi connectivity index (χ1n) is 7.04. The summed E-state index contributed by atoms with van der Waals surface area (Å²) in [7, 11) is 0. The zero-order chi connectivity index (χ0) is 13.8. The molecule has 1 heterocycles. The molecule has 0 aliphatic carbocycles. The number of para-hydroxylation sites is 1. The Labute approximate surface area is 114 Å². The van der Waals surface area contributed by atoms with Crippen LogP contribution < -0.4 is 10.6 Å². The van der Waals surface area contributed by atoms with Crippen molar-refractivity contribution in [1.82, 2.24) is 0 Å². The van der Waals surface area contributed by atoms with Gasteiger partial charge in [-0.15, -0.1) is 0 Å². The summed E-state index contributed by atoms with van der Waals surface area (Å²) in [6, 6.07) is 4.97. The average Bonchev–Trinajstić information content (AvgIpc) is 2.39. The molecule has 1 fully saturated rings. The number of ether oxygens (including phenoxy) is 1. The van der Waals surface area contributed by atoms with Crippen LogP contribution in [-0.4, -0.2) is 25.8 Å². The average molecular weight is 266 g/mol. The highest BCUT2D eigenvalue weighted by atomic mass is 19.1. The molecule has 0 bridgehead atoms. The van der Waals surface area contributed by atoms with Crippen LogP contribution in [0.3, 0.4) is 0 Å². The molecular formula is C15H23FN2O. The predicted octanol–water partition coefficient (Wildman–Crippen LogP) is 2.85. The summed E-state index contributed by atoms with van der Waals surface area (Å²) in [4.78, 5) is 2.08. The van der Waals surface area contributed by atoms with Gasteiger partial charge in [0.25, 0.3) is 0 Å². The molecule has 0 aromatic heterocycles. The minimum absolute atomic E-state index is 0.168. The van der Waals surface area contributed by atoms with E-state index in [1.165, 1.54) is 6.07 Å². The molecule has 1 aliphatic heterocycles. The van der Waals surface area contributed by atoms with Gasteiger partial charge in [0.05, 0.1) is 11.8 Å². The zero-order valence-electron chi connectivity index (χ0n) is 11.7. The molecule has 0 spiro atoms. The van der Waals surface area contributed by atoms with Crippen molar-refractivity contribution in [2.24, 2.45) is 5.73 Å². The van der Waals surface area contributed by atoms with Crippen molar-refractivity contribution in [2.45, 2.75) is 38.8 Å². The first-order valence-corrected chi connectivity index (χ1v) is 7.04. The van der Waals surface area contributed by atoms with Gasteiger partial charge in [-0.1, -0.05) is 12.1 Å². The third kappa shape index (κ3) is 3.25. The van der Waals surface area contributed by atoms with Crippen LogP contribution in [0, 0.1) is 5.82 Å². The van der Waals surface area contributed by atoms with Gasteiger partial charge in [-0.25, -0.2) is 4.39 Å². The summed E-state index contributed by atoms with van der Waals surface area (Å²) < 4.78 is 19.8. The van der Waals surface area contributed by atoms with E-state index in [1.54, 1.807) is 6.07 Å². The topological polar surface area (TPSA) is 38.5 Å². The van der Waals surface area contributed by atoms with E-state index in [9.17, 15) is 4.39 Å². The number of hydrogen-bond acceptors (Lipinski definition) is 3. The molecule has 2 unspecified atom stereocenters. The molecule has 0 saturated carbocycles. The number of piperidine rings is 1. The van der Waals surface area contributed by atoms with Crippen molar-refractivity contribution in [3.63, 3.8) is 0 Å². The number of halogens is 1. The van der Waals surface area contributed by atoms with Crippen LogP contribution in [0.1, 0.15) is 38.3 Å². The van der Waals surface area contributed by atoms with Crippen molar-refractivity contribution in [3.05, 3.63) is 29.6 Å². The standard InChI is InChI=1S/C15H23FN2O/c1-3-19-12-6-5-9-18(10-12)15-13(11(2)17)7-4-8-14(15)16/h4,7-8,11-12H,3,5-6,9-10,17H2,1-2H3. The van der Waals surface area contributed by atoms with Gasteiger partial charge < -0.3 is 15.4 Å². The quantitative estimate of drug-likeness (QED) is 0.910. The predicted molar refractivity (Wildman–Crippen MR) is 75.9 cm³/mol. The Morgan fingerprint density at radius 2 is 2.32 bits per heavy atom. The minimum atomic E-state index is -0.188. The van der Waals surface area contributed by atoms with Gasteiger partial charge in [0.2, 0.25) is 0 Å². The van der Waals surface area contributed by atoms with E-state index in [2.05, 4.69) is 4.90 Å². The van der Waals surface area contributed by atoms with Crippen LogP contribution in [0.2, 0.25) is 0 Å². The number of nitrogens with two attached hydrogens (primary N) is 1. The number of hydrogen-bond donors (Lipinski definition) is 1. The van der Waals surface area contributed by atoms with Crippen LogP contribution in [0.15, 0.2) is 18.2 Å². The van der Waals surface area contributed by atoms with Crippen molar-refractivity contribution in [1.29, 1.82) is 0 Å². The van der Waals surface area contributed by atoms with Crippen LogP contribution in [0.4, 0.5) is 10.1 Å². The summed E-state index contributed by atoms with van der Waals surface area (Å²) in [6.07, 6.45) is 2.27. The lowest BCUT2D eigenvalue weighted by molar-refractivity contribution is 0.0525.